The first kappa shape index (κ1) is 31.2. The van der Waals surface area contributed by atoms with E-state index in [-0.39, 0.29) is 18.8 Å². The fraction of sp³-hybridized carbons (Fsp3) is 0.419. The Bertz CT molecular complexity index is 1350. The highest BCUT2D eigenvalue weighted by molar-refractivity contribution is 5.94. The van der Waals surface area contributed by atoms with Crippen molar-refractivity contribution >= 4 is 34.8 Å². The van der Waals surface area contributed by atoms with Gasteiger partial charge in [-0.05, 0) is 43.9 Å². The lowest BCUT2D eigenvalue weighted by Crippen LogP contribution is -2.57. The first-order chi connectivity index (χ1) is 19.4. The first-order valence-corrected chi connectivity index (χ1v) is 13.6. The zero-order valence-corrected chi connectivity index (χ0v) is 24.4. The van der Waals surface area contributed by atoms with E-state index in [9.17, 15) is 19.2 Å². The monoisotopic (exact) mass is 564 g/mol. The normalized spacial score (nSPS) is 13.6. The SMILES string of the molecule is COC(=O)[C@@H](NC(=O)[C@H](Cc1c[nH]c2ccccc12)NC(=O)[C@@H](Cc1ccccc1)NC(=O)OC(C)(C)C)C(C)C. The lowest BCUT2D eigenvalue weighted by Gasteiger charge is -2.27. The minimum Gasteiger partial charge on any atom is -0.467 e. The van der Waals surface area contributed by atoms with Gasteiger partial charge in [0.25, 0.3) is 0 Å². The minimum absolute atomic E-state index is 0.137. The van der Waals surface area contributed by atoms with Gasteiger partial charge in [-0.2, -0.15) is 0 Å². The maximum Gasteiger partial charge on any atom is 0.408 e. The molecule has 0 aliphatic rings. The molecule has 0 aliphatic carbocycles. The summed E-state index contributed by atoms with van der Waals surface area (Å²) < 4.78 is 10.3. The number of ether oxygens (including phenoxy) is 2. The Hall–Kier alpha value is -4.34. The molecule has 4 N–H and O–H groups in total. The number of aromatic nitrogens is 1. The molecule has 1 heterocycles. The molecule has 10 heteroatoms. The van der Waals surface area contributed by atoms with Crippen LogP contribution in [0.3, 0.4) is 0 Å². The molecule has 3 atom stereocenters. The number of benzene rings is 2. The number of carbonyl (C=O) groups is 4. The van der Waals surface area contributed by atoms with E-state index in [0.717, 1.165) is 22.0 Å². The van der Waals surface area contributed by atoms with E-state index >= 15 is 0 Å². The third-order valence-corrected chi connectivity index (χ3v) is 6.44. The fourth-order valence-electron chi connectivity index (χ4n) is 4.39. The molecule has 0 unspecified atom stereocenters. The second kappa shape index (κ2) is 13.8. The molecule has 0 saturated carbocycles. The highest BCUT2D eigenvalue weighted by Gasteiger charge is 2.32. The van der Waals surface area contributed by atoms with E-state index < -0.39 is 47.6 Å². The van der Waals surface area contributed by atoms with Crippen molar-refractivity contribution in [1.82, 2.24) is 20.9 Å². The second-order valence-electron chi connectivity index (χ2n) is 11.3. The Morgan fingerprint density at radius 1 is 0.829 bits per heavy atom. The summed E-state index contributed by atoms with van der Waals surface area (Å²) in [6, 6.07) is 13.8. The van der Waals surface area contributed by atoms with Gasteiger partial charge in [-0.15, -0.1) is 0 Å². The average molecular weight is 565 g/mol. The number of nitrogens with one attached hydrogen (secondary N) is 4. The first-order valence-electron chi connectivity index (χ1n) is 13.6. The van der Waals surface area contributed by atoms with Crippen molar-refractivity contribution in [3.63, 3.8) is 0 Å². The summed E-state index contributed by atoms with van der Waals surface area (Å²) in [5, 5.41) is 9.12. The maximum absolute atomic E-state index is 13.7. The van der Waals surface area contributed by atoms with Crippen LogP contribution >= 0.6 is 0 Å². The third kappa shape index (κ3) is 9.09. The molecule has 2 aromatic carbocycles. The van der Waals surface area contributed by atoms with Crippen LogP contribution in [-0.2, 0) is 36.7 Å². The van der Waals surface area contributed by atoms with Crippen LogP contribution in [0.4, 0.5) is 4.79 Å². The Kier molecular flexibility index (Phi) is 10.5. The molecule has 1 aromatic heterocycles. The summed E-state index contributed by atoms with van der Waals surface area (Å²) in [5.74, 6) is -1.96. The predicted octanol–water partition coefficient (Wildman–Crippen LogP) is 3.65. The van der Waals surface area contributed by atoms with E-state index in [2.05, 4.69) is 20.9 Å². The highest BCUT2D eigenvalue weighted by Crippen LogP contribution is 2.20. The van der Waals surface area contributed by atoms with Gasteiger partial charge in [-0.1, -0.05) is 62.4 Å². The number of alkyl carbamates (subject to hydrolysis) is 1. The molecule has 3 rings (SSSR count). The van der Waals surface area contributed by atoms with E-state index in [4.69, 9.17) is 9.47 Å². The fourth-order valence-corrected chi connectivity index (χ4v) is 4.39. The molecule has 0 saturated heterocycles. The van der Waals surface area contributed by atoms with Gasteiger partial charge in [-0.3, -0.25) is 9.59 Å². The molecule has 10 nitrogen and oxygen atoms in total. The topological polar surface area (TPSA) is 139 Å². The zero-order valence-electron chi connectivity index (χ0n) is 24.4. The molecule has 0 radical (unpaired) electrons. The van der Waals surface area contributed by atoms with Crippen LogP contribution < -0.4 is 16.0 Å². The lowest BCUT2D eigenvalue weighted by atomic mass is 10.00. The van der Waals surface area contributed by atoms with Gasteiger partial charge in [0.15, 0.2) is 0 Å². The smallest absolute Gasteiger partial charge is 0.408 e. The van der Waals surface area contributed by atoms with Crippen molar-refractivity contribution < 1.29 is 28.7 Å². The number of rotatable bonds is 11. The number of para-hydroxylation sites is 1. The third-order valence-electron chi connectivity index (χ3n) is 6.44. The number of esters is 1. The number of hydrogen-bond donors (Lipinski definition) is 4. The number of amides is 3. The van der Waals surface area contributed by atoms with Crippen LogP contribution in [-0.4, -0.2) is 59.7 Å². The number of methoxy groups -OCH3 is 1. The molecule has 0 bridgehead atoms. The van der Waals surface area contributed by atoms with Crippen LogP contribution in [0.1, 0.15) is 45.7 Å². The summed E-state index contributed by atoms with van der Waals surface area (Å²) in [4.78, 5) is 55.5. The molecule has 0 aliphatic heterocycles. The van der Waals surface area contributed by atoms with Gasteiger partial charge in [-0.25, -0.2) is 9.59 Å². The van der Waals surface area contributed by atoms with Crippen LogP contribution in [0.15, 0.2) is 60.8 Å². The zero-order chi connectivity index (χ0) is 30.2. The van der Waals surface area contributed by atoms with Gasteiger partial charge in [0, 0.05) is 29.9 Å². The van der Waals surface area contributed by atoms with Crippen LogP contribution in [0.5, 0.6) is 0 Å². The maximum atomic E-state index is 13.7. The van der Waals surface area contributed by atoms with Crippen LogP contribution in [0.2, 0.25) is 0 Å². The largest absolute Gasteiger partial charge is 0.467 e. The quantitative estimate of drug-likeness (QED) is 0.262. The molecular formula is C31H40N4O6. The average Bonchev–Trinajstić information content (AvgIpc) is 3.32. The Balaban J connectivity index is 1.90. The number of H-pyrrole nitrogens is 1. The Morgan fingerprint density at radius 2 is 1.44 bits per heavy atom. The van der Waals surface area contributed by atoms with Crippen molar-refractivity contribution in [3.05, 3.63) is 71.9 Å². The predicted molar refractivity (Wildman–Crippen MR) is 156 cm³/mol. The van der Waals surface area contributed by atoms with Crippen LogP contribution in [0, 0.1) is 5.92 Å². The van der Waals surface area contributed by atoms with Gasteiger partial charge >= 0.3 is 12.1 Å². The van der Waals surface area contributed by atoms with Gasteiger partial charge < -0.3 is 30.4 Å². The standard InChI is InChI=1S/C31H40N4O6/c1-19(2)26(29(38)40-6)35-28(37)25(17-21-18-32-23-15-11-10-14-22(21)23)33-27(36)24(16-20-12-8-7-9-13-20)34-30(39)41-31(3,4)5/h7-15,18-19,24-26,32H,16-17H2,1-6H3,(H,33,36)(H,34,39)(H,35,37)/t24-,25+,26+/m1/s1. The van der Waals surface area contributed by atoms with Crippen molar-refractivity contribution in [1.29, 1.82) is 0 Å². The van der Waals surface area contributed by atoms with Crippen molar-refractivity contribution in [2.45, 2.75) is 71.2 Å². The summed E-state index contributed by atoms with van der Waals surface area (Å²) in [6.45, 7) is 8.76. The number of fused-ring (bicyclic) bond motifs is 1. The molecular weight excluding hydrogens is 524 g/mol. The molecule has 41 heavy (non-hydrogen) atoms. The molecule has 3 amide bonds. The summed E-state index contributed by atoms with van der Waals surface area (Å²) in [6.07, 6.45) is 1.34. The molecule has 220 valence electrons. The summed E-state index contributed by atoms with van der Waals surface area (Å²) >= 11 is 0. The Labute approximate surface area is 240 Å². The lowest BCUT2D eigenvalue weighted by molar-refractivity contribution is -0.146. The second-order valence-corrected chi connectivity index (χ2v) is 11.3. The Morgan fingerprint density at radius 3 is 2.07 bits per heavy atom. The van der Waals surface area contributed by atoms with E-state index in [1.807, 2.05) is 54.6 Å². The molecule has 0 spiro atoms. The minimum atomic E-state index is -1.06. The molecule has 0 fully saturated rings. The highest BCUT2D eigenvalue weighted by atomic mass is 16.6. The van der Waals surface area contributed by atoms with Gasteiger partial charge in [0.2, 0.25) is 11.8 Å². The summed E-state index contributed by atoms with van der Waals surface area (Å²) in [7, 11) is 1.26. The number of hydrogen-bond acceptors (Lipinski definition) is 6. The summed E-state index contributed by atoms with van der Waals surface area (Å²) in [5.41, 5.74) is 1.73. The number of carbonyl (C=O) groups excluding carboxylic acids is 4. The number of aromatic amines is 1. The van der Waals surface area contributed by atoms with Crippen LogP contribution in [0.25, 0.3) is 10.9 Å². The van der Waals surface area contributed by atoms with E-state index in [1.54, 1.807) is 40.8 Å². The van der Waals surface area contributed by atoms with E-state index in [1.165, 1.54) is 7.11 Å². The van der Waals surface area contributed by atoms with E-state index in [0.29, 0.717) is 0 Å². The van der Waals surface area contributed by atoms with Crippen molar-refractivity contribution in [3.8, 4) is 0 Å². The van der Waals surface area contributed by atoms with Gasteiger partial charge in [0.1, 0.15) is 23.7 Å². The van der Waals surface area contributed by atoms with Crippen molar-refractivity contribution in [2.24, 2.45) is 5.92 Å². The van der Waals surface area contributed by atoms with Crippen molar-refractivity contribution in [2.75, 3.05) is 7.11 Å². The van der Waals surface area contributed by atoms with Gasteiger partial charge in [0.05, 0.1) is 7.11 Å². The molecule has 3 aromatic rings.